The topological polar surface area (TPSA) is 43.4 Å². The number of ether oxygens (including phenoxy) is 1. The molecule has 0 fully saturated rings. The molecule has 4 heteroatoms. The minimum absolute atomic E-state index is 0.0505. The smallest absolute Gasteiger partial charge is 0.338 e. The van der Waals surface area contributed by atoms with Crippen molar-refractivity contribution in [1.29, 1.82) is 0 Å². The Morgan fingerprint density at radius 1 is 0.839 bits per heavy atom. The molecule has 0 aromatic heterocycles. The summed E-state index contributed by atoms with van der Waals surface area (Å²) in [6.07, 6.45) is 2.91. The molecule has 0 aliphatic carbocycles. The number of hydrogen-bond acceptors (Lipinski definition) is 3. The maximum absolute atomic E-state index is 14.4. The van der Waals surface area contributed by atoms with Crippen LogP contribution in [0.3, 0.4) is 0 Å². The highest BCUT2D eigenvalue weighted by Gasteiger charge is 2.33. The lowest BCUT2D eigenvalue weighted by atomic mass is 10.0. The minimum atomic E-state index is -2.87. The van der Waals surface area contributed by atoms with Crippen molar-refractivity contribution in [2.24, 2.45) is 5.92 Å². The van der Waals surface area contributed by atoms with Gasteiger partial charge in [0.1, 0.15) is 13.2 Å². The summed E-state index contributed by atoms with van der Waals surface area (Å²) in [7, 11) is -2.87. The molecule has 0 aliphatic rings. The molecule has 3 nitrogen and oxygen atoms in total. The van der Waals surface area contributed by atoms with E-state index in [2.05, 4.69) is 13.8 Å². The number of esters is 1. The van der Waals surface area contributed by atoms with E-state index >= 15 is 0 Å². The molecule has 3 rings (SSSR count). The van der Waals surface area contributed by atoms with Gasteiger partial charge in [0.25, 0.3) is 0 Å². The Labute approximate surface area is 185 Å². The highest BCUT2D eigenvalue weighted by atomic mass is 31.2. The van der Waals surface area contributed by atoms with Crippen LogP contribution >= 0.6 is 7.14 Å². The molecule has 3 aromatic carbocycles. The Kier molecular flexibility index (Phi) is 8.26. The van der Waals surface area contributed by atoms with E-state index in [0.717, 1.165) is 29.9 Å². The second-order valence-electron chi connectivity index (χ2n) is 8.02. The van der Waals surface area contributed by atoms with E-state index < -0.39 is 7.14 Å². The summed E-state index contributed by atoms with van der Waals surface area (Å²) < 4.78 is 20.4. The molecule has 0 bridgehead atoms. The molecule has 0 N–H and O–H groups in total. The normalized spacial score (nSPS) is 13.4. The largest absolute Gasteiger partial charge is 0.458 e. The molecule has 0 unspecified atom stereocenters. The zero-order chi connectivity index (χ0) is 22.1. The summed E-state index contributed by atoms with van der Waals surface area (Å²) >= 11 is 0. The van der Waals surface area contributed by atoms with Crippen LogP contribution in [0.25, 0.3) is 0 Å². The summed E-state index contributed by atoms with van der Waals surface area (Å²) in [4.78, 5) is 12.7. The SMILES string of the molecule is CCCC[C@@H](OC(=O)c1ccccc1)[C@@H](C)CP(=O)(c1ccccc1)c1ccccc1. The van der Waals surface area contributed by atoms with E-state index in [0.29, 0.717) is 11.7 Å². The highest BCUT2D eigenvalue weighted by Crippen LogP contribution is 2.46. The first-order valence-corrected chi connectivity index (χ1v) is 12.9. The van der Waals surface area contributed by atoms with E-state index in [1.807, 2.05) is 78.9 Å². The third-order valence-electron chi connectivity index (χ3n) is 5.64. The Morgan fingerprint density at radius 3 is 1.81 bits per heavy atom. The van der Waals surface area contributed by atoms with Crippen molar-refractivity contribution >= 4 is 23.7 Å². The van der Waals surface area contributed by atoms with Crippen molar-refractivity contribution in [3.63, 3.8) is 0 Å². The number of unbranched alkanes of at least 4 members (excludes halogenated alkanes) is 1. The van der Waals surface area contributed by atoms with E-state index in [4.69, 9.17) is 4.74 Å². The molecule has 2 atom stereocenters. The number of hydrogen-bond donors (Lipinski definition) is 0. The van der Waals surface area contributed by atoms with Gasteiger partial charge >= 0.3 is 5.97 Å². The standard InChI is InChI=1S/C27H31O3P/c1-3-4-20-26(30-27(28)23-14-8-5-9-15-23)22(2)21-31(29,24-16-10-6-11-17-24)25-18-12-7-13-19-25/h5-19,22,26H,3-4,20-21H2,1-2H3/t22-,26+/m0/s1. The molecular weight excluding hydrogens is 403 g/mol. The van der Waals surface area contributed by atoms with Gasteiger partial charge in [-0.3, -0.25) is 0 Å². The molecule has 0 amide bonds. The lowest BCUT2D eigenvalue weighted by molar-refractivity contribution is 0.0156. The summed E-state index contributed by atoms with van der Waals surface area (Å²) in [6, 6.07) is 28.4. The fraction of sp³-hybridized carbons (Fsp3) is 0.296. The molecule has 162 valence electrons. The van der Waals surface area contributed by atoms with Gasteiger partial charge in [0.15, 0.2) is 0 Å². The monoisotopic (exact) mass is 434 g/mol. The Balaban J connectivity index is 1.87. The van der Waals surface area contributed by atoms with Crippen molar-refractivity contribution in [3.8, 4) is 0 Å². The van der Waals surface area contributed by atoms with E-state index in [9.17, 15) is 9.36 Å². The fourth-order valence-corrected chi connectivity index (χ4v) is 6.94. The number of carbonyl (C=O) groups excluding carboxylic acids is 1. The summed E-state index contributed by atoms with van der Waals surface area (Å²) in [5, 5.41) is 1.69. The van der Waals surface area contributed by atoms with Crippen molar-refractivity contribution in [2.45, 2.75) is 39.2 Å². The summed E-state index contributed by atoms with van der Waals surface area (Å²) in [6.45, 7) is 4.18. The molecule has 0 saturated carbocycles. The maximum Gasteiger partial charge on any atom is 0.338 e. The molecule has 0 spiro atoms. The lowest BCUT2D eigenvalue weighted by Crippen LogP contribution is -2.31. The average molecular weight is 435 g/mol. The van der Waals surface area contributed by atoms with Crippen LogP contribution in [0.1, 0.15) is 43.5 Å². The first-order valence-electron chi connectivity index (χ1n) is 11.0. The minimum Gasteiger partial charge on any atom is -0.458 e. The number of rotatable bonds is 10. The van der Waals surface area contributed by atoms with Crippen LogP contribution in [0.15, 0.2) is 91.0 Å². The van der Waals surface area contributed by atoms with Crippen LogP contribution in [0.2, 0.25) is 0 Å². The van der Waals surface area contributed by atoms with Crippen molar-refractivity contribution in [1.82, 2.24) is 0 Å². The fourth-order valence-electron chi connectivity index (χ4n) is 3.87. The highest BCUT2D eigenvalue weighted by molar-refractivity contribution is 7.78. The summed E-state index contributed by atoms with van der Waals surface area (Å²) in [5.41, 5.74) is 0.547. The molecular formula is C27H31O3P. The van der Waals surface area contributed by atoms with Gasteiger partial charge in [0.2, 0.25) is 0 Å². The van der Waals surface area contributed by atoms with E-state index in [1.165, 1.54) is 0 Å². The number of carbonyl (C=O) groups is 1. The van der Waals surface area contributed by atoms with E-state index in [-0.39, 0.29) is 18.0 Å². The van der Waals surface area contributed by atoms with Gasteiger partial charge in [-0.15, -0.1) is 0 Å². The van der Waals surface area contributed by atoms with Crippen LogP contribution in [0, 0.1) is 5.92 Å². The van der Waals surface area contributed by atoms with Gasteiger partial charge in [-0.05, 0) is 18.6 Å². The van der Waals surface area contributed by atoms with Crippen molar-refractivity contribution in [2.75, 3.05) is 6.16 Å². The third-order valence-corrected chi connectivity index (χ3v) is 8.99. The van der Waals surface area contributed by atoms with Crippen LogP contribution in [-0.4, -0.2) is 18.2 Å². The van der Waals surface area contributed by atoms with Gasteiger partial charge in [-0.1, -0.05) is 106 Å². The maximum atomic E-state index is 14.4. The second-order valence-corrected chi connectivity index (χ2v) is 10.9. The van der Waals surface area contributed by atoms with Crippen molar-refractivity contribution in [3.05, 3.63) is 96.6 Å². The van der Waals surface area contributed by atoms with Gasteiger partial charge in [-0.2, -0.15) is 0 Å². The Hall–Kier alpha value is -2.64. The van der Waals surface area contributed by atoms with Gasteiger partial charge < -0.3 is 9.30 Å². The molecule has 0 saturated heterocycles. The Morgan fingerprint density at radius 2 is 1.32 bits per heavy atom. The first-order chi connectivity index (χ1) is 15.0. The second kappa shape index (κ2) is 11.1. The molecule has 0 heterocycles. The summed E-state index contributed by atoms with van der Waals surface area (Å²) in [5.74, 6) is -0.367. The molecule has 0 aliphatic heterocycles. The van der Waals surface area contributed by atoms with Crippen LogP contribution in [0.4, 0.5) is 0 Å². The number of benzene rings is 3. The molecule has 0 radical (unpaired) electrons. The average Bonchev–Trinajstić information content (AvgIpc) is 2.83. The van der Waals surface area contributed by atoms with Crippen molar-refractivity contribution < 1.29 is 14.1 Å². The van der Waals surface area contributed by atoms with Crippen LogP contribution in [-0.2, 0) is 9.30 Å². The third kappa shape index (κ3) is 5.95. The predicted octanol–water partition coefficient (Wildman–Crippen LogP) is 6.05. The Bertz CT molecular complexity index is 943. The quantitative estimate of drug-likeness (QED) is 0.288. The van der Waals surface area contributed by atoms with Crippen LogP contribution < -0.4 is 10.6 Å². The van der Waals surface area contributed by atoms with Gasteiger partial charge in [0, 0.05) is 22.7 Å². The zero-order valence-corrected chi connectivity index (χ0v) is 19.2. The predicted molar refractivity (Wildman–Crippen MR) is 129 cm³/mol. The zero-order valence-electron chi connectivity index (χ0n) is 18.3. The van der Waals surface area contributed by atoms with Gasteiger partial charge in [-0.25, -0.2) is 4.79 Å². The van der Waals surface area contributed by atoms with Crippen LogP contribution in [0.5, 0.6) is 0 Å². The molecule has 31 heavy (non-hydrogen) atoms. The molecule has 3 aromatic rings. The van der Waals surface area contributed by atoms with E-state index in [1.54, 1.807) is 12.1 Å². The van der Waals surface area contributed by atoms with Gasteiger partial charge in [0.05, 0.1) is 5.56 Å². The first kappa shape index (κ1) is 23.0. The lowest BCUT2D eigenvalue weighted by Gasteiger charge is -2.28.